The van der Waals surface area contributed by atoms with Crippen LogP contribution in [0.1, 0.15) is 16.7 Å². The average molecular weight is 599 g/mol. The Labute approximate surface area is 222 Å². The van der Waals surface area contributed by atoms with Crippen molar-refractivity contribution in [3.8, 4) is 17.6 Å². The van der Waals surface area contributed by atoms with E-state index in [9.17, 15) is 19.2 Å². The molecular weight excluding hydrogens is 576 g/mol. The summed E-state index contributed by atoms with van der Waals surface area (Å²) >= 11 is 2.02. The highest BCUT2D eigenvalue weighted by molar-refractivity contribution is 14.1. The van der Waals surface area contributed by atoms with Gasteiger partial charge in [0.15, 0.2) is 18.1 Å². The van der Waals surface area contributed by atoms with Crippen LogP contribution < -0.4 is 20.1 Å². The van der Waals surface area contributed by atoms with Gasteiger partial charge >= 0.3 is 0 Å². The zero-order chi connectivity index (χ0) is 26.2. The van der Waals surface area contributed by atoms with Crippen molar-refractivity contribution in [1.29, 1.82) is 5.26 Å². The SMILES string of the molecule is COc1cc(/C=C(\C#N)C(=O)Nc2ccc(C)cc2C)cc(I)c1OCC(=O)Nc1ccc(F)cc1. The van der Waals surface area contributed by atoms with Gasteiger partial charge in [0, 0.05) is 11.4 Å². The lowest BCUT2D eigenvalue weighted by Crippen LogP contribution is -2.20. The van der Waals surface area contributed by atoms with Crippen molar-refractivity contribution in [2.24, 2.45) is 0 Å². The van der Waals surface area contributed by atoms with Gasteiger partial charge in [-0.2, -0.15) is 5.26 Å². The monoisotopic (exact) mass is 599 g/mol. The molecule has 3 aromatic rings. The Morgan fingerprint density at radius 3 is 2.44 bits per heavy atom. The second-order valence-corrected chi connectivity index (χ2v) is 8.98. The lowest BCUT2D eigenvalue weighted by atomic mass is 10.1. The molecule has 7 nitrogen and oxygen atoms in total. The minimum absolute atomic E-state index is 0.0832. The number of benzene rings is 3. The first-order chi connectivity index (χ1) is 17.2. The van der Waals surface area contributed by atoms with Crippen LogP contribution in [-0.4, -0.2) is 25.5 Å². The third-order valence-electron chi connectivity index (χ3n) is 5.03. The summed E-state index contributed by atoms with van der Waals surface area (Å²) in [6, 6.07) is 16.2. The number of hydrogen-bond donors (Lipinski definition) is 2. The number of carbonyl (C=O) groups excluding carboxylic acids is 2. The Morgan fingerprint density at radius 1 is 1.08 bits per heavy atom. The maximum Gasteiger partial charge on any atom is 0.266 e. The zero-order valence-corrected chi connectivity index (χ0v) is 22.0. The number of methoxy groups -OCH3 is 1. The molecule has 9 heteroatoms. The summed E-state index contributed by atoms with van der Waals surface area (Å²) in [6.45, 7) is 3.53. The Balaban J connectivity index is 1.74. The molecule has 0 fully saturated rings. The molecule has 0 unspecified atom stereocenters. The van der Waals surface area contributed by atoms with E-state index in [2.05, 4.69) is 10.6 Å². The number of hydrogen-bond acceptors (Lipinski definition) is 5. The fraction of sp³-hybridized carbons (Fsp3) is 0.148. The van der Waals surface area contributed by atoms with Gasteiger partial charge in [0.1, 0.15) is 17.5 Å². The van der Waals surface area contributed by atoms with E-state index in [0.717, 1.165) is 11.1 Å². The molecule has 0 aliphatic heterocycles. The van der Waals surface area contributed by atoms with Crippen molar-refractivity contribution in [2.75, 3.05) is 24.4 Å². The van der Waals surface area contributed by atoms with Crippen LogP contribution in [0.5, 0.6) is 11.5 Å². The molecule has 0 spiro atoms. The number of aryl methyl sites for hydroxylation is 2. The van der Waals surface area contributed by atoms with Gasteiger partial charge in [-0.15, -0.1) is 0 Å². The summed E-state index contributed by atoms with van der Waals surface area (Å²) in [5, 5.41) is 15.0. The quantitative estimate of drug-likeness (QED) is 0.199. The molecule has 0 heterocycles. The lowest BCUT2D eigenvalue weighted by Gasteiger charge is -2.14. The van der Waals surface area contributed by atoms with Gasteiger partial charge < -0.3 is 20.1 Å². The predicted molar refractivity (Wildman–Crippen MR) is 144 cm³/mol. The number of nitrogens with zero attached hydrogens (tertiary/aromatic N) is 1. The minimum atomic E-state index is -0.531. The van der Waals surface area contributed by atoms with Crippen molar-refractivity contribution >= 4 is 51.9 Å². The number of carbonyl (C=O) groups is 2. The first kappa shape index (κ1) is 26.7. The number of anilines is 2. The number of amides is 2. The van der Waals surface area contributed by atoms with Crippen molar-refractivity contribution < 1.29 is 23.5 Å². The summed E-state index contributed by atoms with van der Waals surface area (Å²) in [5.41, 5.74) is 3.49. The summed E-state index contributed by atoms with van der Waals surface area (Å²) in [7, 11) is 1.45. The second kappa shape index (κ2) is 12.2. The van der Waals surface area contributed by atoms with Gasteiger partial charge in [-0.3, -0.25) is 9.59 Å². The highest BCUT2D eigenvalue weighted by atomic mass is 127. The summed E-state index contributed by atoms with van der Waals surface area (Å²) in [5.74, 6) is -0.702. The number of rotatable bonds is 8. The molecule has 0 aromatic heterocycles. The number of nitriles is 1. The van der Waals surface area contributed by atoms with Crippen LogP contribution in [0.3, 0.4) is 0 Å². The van der Waals surface area contributed by atoms with Gasteiger partial charge in [-0.05, 0) is 96.1 Å². The fourth-order valence-corrected chi connectivity index (χ4v) is 4.07. The van der Waals surface area contributed by atoms with Crippen LogP contribution in [-0.2, 0) is 9.59 Å². The molecule has 36 heavy (non-hydrogen) atoms. The van der Waals surface area contributed by atoms with E-state index in [0.29, 0.717) is 32.0 Å². The summed E-state index contributed by atoms with van der Waals surface area (Å²) in [4.78, 5) is 25.0. The van der Waals surface area contributed by atoms with Gasteiger partial charge in [0.2, 0.25) is 0 Å². The van der Waals surface area contributed by atoms with E-state index >= 15 is 0 Å². The molecule has 3 aromatic carbocycles. The Hall–Kier alpha value is -3.91. The average Bonchev–Trinajstić information content (AvgIpc) is 2.84. The molecular formula is C27H23FIN3O4. The molecule has 2 N–H and O–H groups in total. The minimum Gasteiger partial charge on any atom is -0.493 e. The first-order valence-electron chi connectivity index (χ1n) is 10.8. The molecule has 0 aliphatic carbocycles. The van der Waals surface area contributed by atoms with Crippen LogP contribution in [0.25, 0.3) is 6.08 Å². The Morgan fingerprint density at radius 2 is 1.81 bits per heavy atom. The topological polar surface area (TPSA) is 100 Å². The normalized spacial score (nSPS) is 10.8. The van der Waals surface area contributed by atoms with Crippen molar-refractivity contribution in [2.45, 2.75) is 13.8 Å². The molecule has 184 valence electrons. The van der Waals surface area contributed by atoms with Crippen molar-refractivity contribution in [1.82, 2.24) is 0 Å². The van der Waals surface area contributed by atoms with Crippen molar-refractivity contribution in [3.05, 3.63) is 86.2 Å². The maximum atomic E-state index is 13.0. The molecule has 3 rings (SSSR count). The molecule has 0 atom stereocenters. The lowest BCUT2D eigenvalue weighted by molar-refractivity contribution is -0.118. The molecule has 0 saturated carbocycles. The largest absolute Gasteiger partial charge is 0.493 e. The van der Waals surface area contributed by atoms with Crippen LogP contribution in [0.15, 0.2) is 60.2 Å². The van der Waals surface area contributed by atoms with Crippen LogP contribution in [0.2, 0.25) is 0 Å². The molecule has 2 amide bonds. The number of halogens is 2. The third kappa shape index (κ3) is 7.05. The van der Waals surface area contributed by atoms with Crippen molar-refractivity contribution in [3.63, 3.8) is 0 Å². The maximum absolute atomic E-state index is 13.0. The molecule has 0 aliphatic rings. The van der Waals surface area contributed by atoms with E-state index in [-0.39, 0.29) is 12.2 Å². The summed E-state index contributed by atoms with van der Waals surface area (Å²) < 4.78 is 24.7. The highest BCUT2D eigenvalue weighted by Gasteiger charge is 2.16. The van der Waals surface area contributed by atoms with Gasteiger partial charge in [-0.25, -0.2) is 4.39 Å². The predicted octanol–water partition coefficient (Wildman–Crippen LogP) is 5.62. The molecule has 0 saturated heterocycles. The van der Waals surface area contributed by atoms with Crippen LogP contribution >= 0.6 is 22.6 Å². The Bertz CT molecular complexity index is 1360. The molecule has 0 bridgehead atoms. The second-order valence-electron chi connectivity index (χ2n) is 7.82. The van der Waals surface area contributed by atoms with Gasteiger partial charge in [0.05, 0.1) is 10.7 Å². The fourth-order valence-electron chi connectivity index (χ4n) is 3.29. The number of ether oxygens (including phenoxy) is 2. The van der Waals surface area contributed by atoms with E-state index in [1.807, 2.05) is 54.6 Å². The van der Waals surface area contributed by atoms with E-state index in [4.69, 9.17) is 9.47 Å². The van der Waals surface area contributed by atoms with Crippen LogP contribution in [0.4, 0.5) is 15.8 Å². The Kier molecular flexibility index (Phi) is 9.02. The number of nitrogens with one attached hydrogen (secondary N) is 2. The van der Waals surface area contributed by atoms with Crippen LogP contribution in [0, 0.1) is 34.6 Å². The third-order valence-corrected chi connectivity index (χ3v) is 5.83. The standard InChI is InChI=1S/C27H23FIN3O4/c1-16-4-9-23(17(2)10-16)32-27(34)19(14-30)11-18-12-22(29)26(24(13-18)35-3)36-15-25(33)31-21-7-5-20(28)6-8-21/h4-13H,15H2,1-3H3,(H,31,33)(H,32,34)/b19-11+. The van der Waals surface area contributed by atoms with Gasteiger partial charge in [0.25, 0.3) is 11.8 Å². The van der Waals surface area contributed by atoms with E-state index < -0.39 is 17.6 Å². The van der Waals surface area contributed by atoms with Gasteiger partial charge in [-0.1, -0.05) is 17.7 Å². The molecule has 0 radical (unpaired) electrons. The van der Waals surface area contributed by atoms with E-state index in [1.165, 1.54) is 37.5 Å². The summed E-state index contributed by atoms with van der Waals surface area (Å²) in [6.07, 6.45) is 1.45. The first-order valence-corrected chi connectivity index (χ1v) is 11.8. The van der Waals surface area contributed by atoms with E-state index in [1.54, 1.807) is 18.2 Å². The smallest absolute Gasteiger partial charge is 0.266 e. The highest BCUT2D eigenvalue weighted by Crippen LogP contribution is 2.34. The zero-order valence-electron chi connectivity index (χ0n) is 19.8.